The molecule has 0 atom stereocenters. The van der Waals surface area contributed by atoms with Crippen molar-refractivity contribution in [3.63, 3.8) is 0 Å². The van der Waals surface area contributed by atoms with Gasteiger partial charge in [0.2, 0.25) is 0 Å². The highest BCUT2D eigenvalue weighted by Gasteiger charge is 2.34. The van der Waals surface area contributed by atoms with Crippen LogP contribution >= 0.6 is 7.82 Å². The Morgan fingerprint density at radius 1 is 0.655 bits per heavy atom. The van der Waals surface area contributed by atoms with Crippen molar-refractivity contribution in [3.05, 3.63) is 89.5 Å². The van der Waals surface area contributed by atoms with Crippen LogP contribution in [0.1, 0.15) is 37.5 Å². The van der Waals surface area contributed by atoms with Crippen molar-refractivity contribution in [2.75, 3.05) is 0 Å². The van der Waals surface area contributed by atoms with Gasteiger partial charge in [0, 0.05) is 0 Å². The van der Waals surface area contributed by atoms with E-state index < -0.39 is 7.82 Å². The summed E-state index contributed by atoms with van der Waals surface area (Å²) in [4.78, 5) is 0. The lowest BCUT2D eigenvalue weighted by Gasteiger charge is -2.22. The Morgan fingerprint density at radius 2 is 1.10 bits per heavy atom. The summed E-state index contributed by atoms with van der Waals surface area (Å²) in [5.41, 5.74) is 2.84. The van der Waals surface area contributed by atoms with Crippen LogP contribution in [0.3, 0.4) is 0 Å². The molecule has 4 nitrogen and oxygen atoms in total. The second kappa shape index (κ2) is 8.34. The number of benzene rings is 3. The molecule has 152 valence electrons. The summed E-state index contributed by atoms with van der Waals surface area (Å²) in [5, 5.41) is 0. The Kier molecular flexibility index (Phi) is 6.04. The highest BCUT2D eigenvalue weighted by Crippen LogP contribution is 2.51. The van der Waals surface area contributed by atoms with Gasteiger partial charge in [0.15, 0.2) is 0 Å². The van der Waals surface area contributed by atoms with E-state index in [-0.39, 0.29) is 5.41 Å². The fourth-order valence-electron chi connectivity index (χ4n) is 2.76. The number of phosphoric ester groups is 1. The molecule has 0 aliphatic rings. The van der Waals surface area contributed by atoms with E-state index in [9.17, 15) is 4.57 Å². The summed E-state index contributed by atoms with van der Waals surface area (Å²) < 4.78 is 31.0. The van der Waals surface area contributed by atoms with Crippen molar-refractivity contribution in [1.82, 2.24) is 0 Å². The minimum Gasteiger partial charge on any atom is -0.386 e. The molecule has 0 aliphatic heterocycles. The van der Waals surface area contributed by atoms with Gasteiger partial charge in [0.05, 0.1) is 0 Å². The third-order valence-corrected chi connectivity index (χ3v) is 5.82. The van der Waals surface area contributed by atoms with Crippen LogP contribution < -0.4 is 13.6 Å². The molecule has 0 fully saturated rings. The van der Waals surface area contributed by atoms with Gasteiger partial charge in [-0.2, -0.15) is 4.57 Å². The summed E-state index contributed by atoms with van der Waals surface area (Å²) in [5.74, 6) is 1.33. The highest BCUT2D eigenvalue weighted by atomic mass is 31.2. The number of hydrogen-bond acceptors (Lipinski definition) is 4. The first-order valence-electron chi connectivity index (χ1n) is 9.57. The van der Waals surface area contributed by atoms with Gasteiger partial charge in [-0.25, -0.2) is 0 Å². The number of para-hydroxylation sites is 2. The van der Waals surface area contributed by atoms with Gasteiger partial charge in [-0.1, -0.05) is 69.3 Å². The van der Waals surface area contributed by atoms with Gasteiger partial charge in [-0.3, -0.25) is 0 Å². The van der Waals surface area contributed by atoms with Crippen LogP contribution in [0.4, 0.5) is 0 Å². The maximum Gasteiger partial charge on any atom is 0.647 e. The van der Waals surface area contributed by atoms with Gasteiger partial charge >= 0.3 is 7.82 Å². The van der Waals surface area contributed by atoms with Crippen LogP contribution in [0.5, 0.6) is 17.2 Å². The molecule has 0 unspecified atom stereocenters. The lowest BCUT2D eigenvalue weighted by Crippen LogP contribution is -2.11. The molecular weight excluding hydrogens is 383 g/mol. The first-order valence-corrected chi connectivity index (χ1v) is 11.0. The average Bonchev–Trinajstić information content (AvgIpc) is 2.65. The van der Waals surface area contributed by atoms with E-state index in [0.29, 0.717) is 17.2 Å². The summed E-state index contributed by atoms with van der Waals surface area (Å²) in [6, 6.07) is 22.2. The van der Waals surface area contributed by atoms with Crippen LogP contribution in [0, 0.1) is 13.8 Å². The lowest BCUT2D eigenvalue weighted by atomic mass is 9.87. The van der Waals surface area contributed by atoms with E-state index in [1.807, 2.05) is 62.4 Å². The Hall–Kier alpha value is -2.71. The molecule has 29 heavy (non-hydrogen) atoms. The third kappa shape index (κ3) is 5.42. The van der Waals surface area contributed by atoms with E-state index in [1.165, 1.54) is 0 Å². The van der Waals surface area contributed by atoms with Gasteiger partial charge in [0.25, 0.3) is 0 Å². The van der Waals surface area contributed by atoms with Crippen molar-refractivity contribution < 1.29 is 18.1 Å². The standard InChI is InChI=1S/C24H27O4P/c1-18-10-6-8-12-22(18)27-29(25,28-23-13-9-7-11-19(23)2)26-21-16-14-20(15-17-21)24(3,4)5/h6-17H,1-5H3. The molecule has 0 aliphatic carbocycles. The van der Waals surface area contributed by atoms with Crippen LogP contribution in [0.15, 0.2) is 72.8 Å². The molecule has 5 heteroatoms. The maximum absolute atomic E-state index is 13.6. The normalized spacial score (nSPS) is 11.8. The number of hydrogen-bond donors (Lipinski definition) is 0. The summed E-state index contributed by atoms with van der Waals surface area (Å²) in [7, 11) is -3.99. The topological polar surface area (TPSA) is 44.8 Å². The molecule has 0 radical (unpaired) electrons. The number of aryl methyl sites for hydroxylation is 2. The zero-order chi connectivity index (χ0) is 21.1. The molecule has 0 aromatic heterocycles. The average molecular weight is 410 g/mol. The van der Waals surface area contributed by atoms with Crippen LogP contribution in [0.25, 0.3) is 0 Å². The molecule has 3 aromatic rings. The van der Waals surface area contributed by atoms with Crippen molar-refractivity contribution in [1.29, 1.82) is 0 Å². The SMILES string of the molecule is Cc1ccccc1OP(=O)(Oc1ccc(C(C)(C)C)cc1)Oc1ccccc1C. The molecule has 3 aromatic carbocycles. The first-order chi connectivity index (χ1) is 13.7. The van der Waals surface area contributed by atoms with Crippen LogP contribution in [0.2, 0.25) is 0 Å². The molecule has 0 saturated carbocycles. The molecule has 0 heterocycles. The van der Waals surface area contributed by atoms with Crippen molar-refractivity contribution in [2.24, 2.45) is 0 Å². The second-order valence-corrected chi connectivity index (χ2v) is 9.47. The Labute approximate surface area is 173 Å². The summed E-state index contributed by atoms with van der Waals surface area (Å²) in [6.07, 6.45) is 0. The molecule has 0 bridgehead atoms. The van der Waals surface area contributed by atoms with Gasteiger partial charge in [0.1, 0.15) is 17.2 Å². The molecule has 0 saturated heterocycles. The molecule has 0 amide bonds. The fourth-order valence-corrected chi connectivity index (χ4v) is 4.14. The van der Waals surface area contributed by atoms with Crippen LogP contribution in [-0.2, 0) is 9.98 Å². The molecule has 0 spiro atoms. The number of phosphoric acid groups is 1. The smallest absolute Gasteiger partial charge is 0.386 e. The third-order valence-electron chi connectivity index (χ3n) is 4.55. The predicted molar refractivity (Wildman–Crippen MR) is 117 cm³/mol. The van der Waals surface area contributed by atoms with E-state index >= 15 is 0 Å². The molecule has 3 rings (SSSR count). The van der Waals surface area contributed by atoms with E-state index in [2.05, 4.69) is 20.8 Å². The second-order valence-electron chi connectivity index (χ2n) is 8.03. The summed E-state index contributed by atoms with van der Waals surface area (Å²) in [6.45, 7) is 10.2. The monoisotopic (exact) mass is 410 g/mol. The quantitative estimate of drug-likeness (QED) is 0.402. The molecular formula is C24H27O4P. The van der Waals surface area contributed by atoms with E-state index in [4.69, 9.17) is 13.6 Å². The van der Waals surface area contributed by atoms with Gasteiger partial charge in [-0.05, 0) is 60.2 Å². The Morgan fingerprint density at radius 3 is 1.52 bits per heavy atom. The largest absolute Gasteiger partial charge is 0.647 e. The predicted octanol–water partition coefficient (Wildman–Crippen LogP) is 7.25. The number of rotatable bonds is 6. The fraction of sp³-hybridized carbons (Fsp3) is 0.250. The van der Waals surface area contributed by atoms with Gasteiger partial charge < -0.3 is 13.6 Å². The van der Waals surface area contributed by atoms with Crippen LogP contribution in [-0.4, -0.2) is 0 Å². The van der Waals surface area contributed by atoms with Crippen molar-refractivity contribution in [3.8, 4) is 17.2 Å². The minimum absolute atomic E-state index is 0.0114. The Balaban J connectivity index is 1.93. The zero-order valence-corrected chi connectivity index (χ0v) is 18.4. The van der Waals surface area contributed by atoms with Crippen molar-refractivity contribution >= 4 is 7.82 Å². The Bertz CT molecular complexity index is 968. The van der Waals surface area contributed by atoms with E-state index in [1.54, 1.807) is 24.3 Å². The summed E-state index contributed by atoms with van der Waals surface area (Å²) >= 11 is 0. The highest BCUT2D eigenvalue weighted by molar-refractivity contribution is 7.49. The lowest BCUT2D eigenvalue weighted by molar-refractivity contribution is 0.297. The maximum atomic E-state index is 13.6. The first kappa shape index (κ1) is 21.0. The minimum atomic E-state index is -3.99. The van der Waals surface area contributed by atoms with E-state index in [0.717, 1.165) is 16.7 Å². The zero-order valence-electron chi connectivity index (χ0n) is 17.5. The molecule has 0 N–H and O–H groups in total. The van der Waals surface area contributed by atoms with Gasteiger partial charge in [-0.15, -0.1) is 0 Å². The van der Waals surface area contributed by atoms with Crippen molar-refractivity contribution in [2.45, 2.75) is 40.0 Å².